The molecule has 2 aromatic rings. The van der Waals surface area contributed by atoms with E-state index in [1.165, 1.54) is 12.8 Å². The van der Waals surface area contributed by atoms with Gasteiger partial charge in [0.2, 0.25) is 0 Å². The topological polar surface area (TPSA) is 42.7 Å². The molecule has 0 radical (unpaired) electrons. The van der Waals surface area contributed by atoms with Crippen LogP contribution < -0.4 is 5.32 Å². The second-order valence-electron chi connectivity index (χ2n) is 4.73. The van der Waals surface area contributed by atoms with Crippen molar-refractivity contribution in [3.8, 4) is 0 Å². The number of rotatable bonds is 5. The highest BCUT2D eigenvalue weighted by atomic mass is 35.5. The van der Waals surface area contributed by atoms with Crippen molar-refractivity contribution in [2.75, 3.05) is 0 Å². The zero-order valence-electron chi connectivity index (χ0n) is 10.6. The third-order valence-electron chi connectivity index (χ3n) is 3.06. The fourth-order valence-corrected chi connectivity index (χ4v) is 2.86. The van der Waals surface area contributed by atoms with Gasteiger partial charge < -0.3 is 9.88 Å². The van der Waals surface area contributed by atoms with Crippen LogP contribution in [0.4, 0.5) is 0 Å². The Morgan fingerprint density at radius 1 is 1.47 bits per heavy atom. The Hall–Kier alpha value is -1.04. The van der Waals surface area contributed by atoms with E-state index in [9.17, 15) is 0 Å². The third kappa shape index (κ3) is 3.29. The van der Waals surface area contributed by atoms with Gasteiger partial charge in [-0.3, -0.25) is 0 Å². The molecule has 1 aromatic carbocycles. The van der Waals surface area contributed by atoms with Gasteiger partial charge in [0.05, 0.1) is 0 Å². The Bertz CT molecular complexity index is 580. The van der Waals surface area contributed by atoms with E-state index in [-0.39, 0.29) is 0 Å². The van der Waals surface area contributed by atoms with Crippen molar-refractivity contribution in [3.63, 3.8) is 0 Å². The predicted octanol–water partition coefficient (Wildman–Crippen LogP) is 2.87. The van der Waals surface area contributed by atoms with Crippen molar-refractivity contribution in [1.29, 1.82) is 0 Å². The molecule has 0 bridgehead atoms. The molecule has 0 unspecified atom stereocenters. The summed E-state index contributed by atoms with van der Waals surface area (Å²) in [5.74, 6) is 0. The molecule has 3 rings (SSSR count). The smallest absolute Gasteiger partial charge is 0.195 e. The molecule has 1 heterocycles. The summed E-state index contributed by atoms with van der Waals surface area (Å²) in [6, 6.07) is 6.85. The molecular weight excluding hydrogens is 280 g/mol. The minimum Gasteiger partial charge on any atom is -0.311 e. The summed E-state index contributed by atoms with van der Waals surface area (Å²) in [4.78, 5) is 1.08. The van der Waals surface area contributed by atoms with Crippen molar-refractivity contribution < 1.29 is 0 Å². The van der Waals surface area contributed by atoms with Crippen molar-refractivity contribution >= 4 is 23.4 Å². The summed E-state index contributed by atoms with van der Waals surface area (Å²) in [6.45, 7) is 0.846. The Balaban J connectivity index is 1.69. The van der Waals surface area contributed by atoms with Gasteiger partial charge in [0, 0.05) is 29.6 Å². The zero-order valence-corrected chi connectivity index (χ0v) is 12.2. The summed E-state index contributed by atoms with van der Waals surface area (Å²) in [5, 5.41) is 13.1. The Kier molecular flexibility index (Phi) is 3.77. The second-order valence-corrected chi connectivity index (χ2v) is 6.18. The van der Waals surface area contributed by atoms with Crippen LogP contribution in [0.2, 0.25) is 5.02 Å². The standard InChI is InChI=1S/C13H15ClN4S/c1-18-8-16-17-13(18)19-11-5-2-9(12(14)6-11)7-15-10-3-4-10/h2,5-6,8,10,15H,3-4,7H2,1H3. The second kappa shape index (κ2) is 5.53. The Morgan fingerprint density at radius 2 is 2.32 bits per heavy atom. The van der Waals surface area contributed by atoms with Crippen molar-refractivity contribution in [1.82, 2.24) is 20.1 Å². The molecule has 0 aliphatic heterocycles. The van der Waals surface area contributed by atoms with E-state index in [4.69, 9.17) is 11.6 Å². The van der Waals surface area contributed by atoms with E-state index < -0.39 is 0 Å². The van der Waals surface area contributed by atoms with E-state index in [1.54, 1.807) is 18.1 Å². The molecule has 1 N–H and O–H groups in total. The minimum absolute atomic E-state index is 0.698. The van der Waals surface area contributed by atoms with E-state index in [1.807, 2.05) is 17.7 Å². The number of halogens is 1. The van der Waals surface area contributed by atoms with Crippen LogP contribution in [0.25, 0.3) is 0 Å². The molecule has 1 aliphatic rings. The SMILES string of the molecule is Cn1cnnc1Sc1ccc(CNC2CC2)c(Cl)c1. The van der Waals surface area contributed by atoms with Crippen LogP contribution in [0.15, 0.2) is 34.6 Å². The summed E-state index contributed by atoms with van der Waals surface area (Å²) >= 11 is 7.88. The highest BCUT2D eigenvalue weighted by Gasteiger charge is 2.20. The number of hydrogen-bond acceptors (Lipinski definition) is 4. The maximum atomic E-state index is 6.32. The van der Waals surface area contributed by atoms with Crippen LogP contribution in [-0.2, 0) is 13.6 Å². The molecule has 0 spiro atoms. The van der Waals surface area contributed by atoms with Gasteiger partial charge in [-0.1, -0.05) is 17.7 Å². The van der Waals surface area contributed by atoms with Gasteiger partial charge >= 0.3 is 0 Å². The van der Waals surface area contributed by atoms with Crippen molar-refractivity contribution in [3.05, 3.63) is 35.1 Å². The number of aryl methyl sites for hydroxylation is 1. The molecular formula is C13H15ClN4S. The monoisotopic (exact) mass is 294 g/mol. The lowest BCUT2D eigenvalue weighted by molar-refractivity contribution is 0.687. The van der Waals surface area contributed by atoms with Gasteiger partial charge in [-0.15, -0.1) is 10.2 Å². The summed E-state index contributed by atoms with van der Waals surface area (Å²) in [6.07, 6.45) is 4.27. The molecule has 0 atom stereocenters. The van der Waals surface area contributed by atoms with Gasteiger partial charge in [-0.25, -0.2) is 0 Å². The van der Waals surface area contributed by atoms with Crippen LogP contribution >= 0.6 is 23.4 Å². The first-order valence-electron chi connectivity index (χ1n) is 6.26. The number of nitrogens with zero attached hydrogens (tertiary/aromatic N) is 3. The highest BCUT2D eigenvalue weighted by Crippen LogP contribution is 2.29. The number of benzene rings is 1. The molecule has 0 saturated heterocycles. The number of nitrogens with one attached hydrogen (secondary N) is 1. The number of aromatic nitrogens is 3. The van der Waals surface area contributed by atoms with Gasteiger partial charge in [0.1, 0.15) is 6.33 Å². The molecule has 1 aliphatic carbocycles. The van der Waals surface area contributed by atoms with Gasteiger partial charge in [0.15, 0.2) is 5.16 Å². The summed E-state index contributed by atoms with van der Waals surface area (Å²) < 4.78 is 1.89. The van der Waals surface area contributed by atoms with E-state index >= 15 is 0 Å². The summed E-state index contributed by atoms with van der Waals surface area (Å²) in [5.41, 5.74) is 1.15. The van der Waals surface area contributed by atoms with E-state index in [2.05, 4.69) is 27.6 Å². The maximum Gasteiger partial charge on any atom is 0.195 e. The molecule has 6 heteroatoms. The fraction of sp³-hybridized carbons (Fsp3) is 0.385. The molecule has 4 nitrogen and oxygen atoms in total. The Morgan fingerprint density at radius 3 is 2.95 bits per heavy atom. The third-order valence-corrected chi connectivity index (χ3v) is 4.46. The first-order chi connectivity index (χ1) is 9.22. The number of hydrogen-bond donors (Lipinski definition) is 1. The average Bonchev–Trinajstić information content (AvgIpc) is 3.13. The van der Waals surface area contributed by atoms with Crippen molar-refractivity contribution in [2.45, 2.75) is 35.5 Å². The van der Waals surface area contributed by atoms with Crippen LogP contribution in [0, 0.1) is 0 Å². The van der Waals surface area contributed by atoms with Crippen LogP contribution in [0.3, 0.4) is 0 Å². The van der Waals surface area contributed by atoms with Crippen LogP contribution in [-0.4, -0.2) is 20.8 Å². The largest absolute Gasteiger partial charge is 0.311 e. The molecule has 1 aromatic heterocycles. The summed E-state index contributed by atoms with van der Waals surface area (Å²) in [7, 11) is 1.93. The molecule has 1 fully saturated rings. The minimum atomic E-state index is 0.698. The van der Waals surface area contributed by atoms with Crippen LogP contribution in [0.1, 0.15) is 18.4 Å². The molecule has 100 valence electrons. The lowest BCUT2D eigenvalue weighted by atomic mass is 10.2. The van der Waals surface area contributed by atoms with Gasteiger partial charge in [0.25, 0.3) is 0 Å². The first-order valence-corrected chi connectivity index (χ1v) is 7.45. The lowest BCUT2D eigenvalue weighted by Gasteiger charge is -2.07. The molecule has 1 saturated carbocycles. The molecule has 19 heavy (non-hydrogen) atoms. The van der Waals surface area contributed by atoms with E-state index in [0.717, 1.165) is 27.2 Å². The Labute approximate surface area is 121 Å². The quantitative estimate of drug-likeness (QED) is 0.921. The van der Waals surface area contributed by atoms with E-state index in [0.29, 0.717) is 6.04 Å². The van der Waals surface area contributed by atoms with Crippen LogP contribution in [0.5, 0.6) is 0 Å². The predicted molar refractivity (Wildman–Crippen MR) is 76.4 cm³/mol. The van der Waals surface area contributed by atoms with Crippen molar-refractivity contribution in [2.24, 2.45) is 7.05 Å². The first kappa shape index (κ1) is 13.0. The van der Waals surface area contributed by atoms with Gasteiger partial charge in [-0.05, 0) is 42.3 Å². The van der Waals surface area contributed by atoms with Gasteiger partial charge in [-0.2, -0.15) is 0 Å². The fourth-order valence-electron chi connectivity index (χ4n) is 1.75. The average molecular weight is 295 g/mol. The lowest BCUT2D eigenvalue weighted by Crippen LogP contribution is -2.15. The zero-order chi connectivity index (χ0) is 13.2. The normalized spacial score (nSPS) is 14.8. The maximum absolute atomic E-state index is 6.32. The molecule has 0 amide bonds. The highest BCUT2D eigenvalue weighted by molar-refractivity contribution is 7.99.